The van der Waals surface area contributed by atoms with Gasteiger partial charge in [-0.2, -0.15) is 0 Å². The van der Waals surface area contributed by atoms with E-state index in [1.165, 1.54) is 10.4 Å². The Kier molecular flexibility index (Phi) is 3.43. The predicted molar refractivity (Wildman–Crippen MR) is 68.6 cm³/mol. The molecule has 0 aliphatic carbocycles. The molecule has 1 heterocycles. The lowest BCUT2D eigenvalue weighted by atomic mass is 9.87. The fourth-order valence-corrected chi connectivity index (χ4v) is 1.65. The molecule has 0 atom stereocenters. The quantitative estimate of drug-likeness (QED) is 0.891. The molecule has 2 rings (SSSR count). The van der Waals surface area contributed by atoms with Crippen LogP contribution in [0.3, 0.4) is 0 Å². The lowest BCUT2D eigenvalue weighted by molar-refractivity contribution is 0.296. The Hall–Kier alpha value is -1.75. The highest BCUT2D eigenvalue weighted by atomic mass is 16.3. The van der Waals surface area contributed by atoms with Crippen molar-refractivity contribution < 1.29 is 5.11 Å². The Labute approximate surface area is 106 Å². The summed E-state index contributed by atoms with van der Waals surface area (Å²) in [6.07, 6.45) is 0.431. The second kappa shape index (κ2) is 4.86. The van der Waals surface area contributed by atoms with E-state index < -0.39 is 0 Å². The van der Waals surface area contributed by atoms with Gasteiger partial charge in [0.15, 0.2) is 5.82 Å². The van der Waals surface area contributed by atoms with Gasteiger partial charge in [0.1, 0.15) is 0 Å². The SMILES string of the molecule is CC(C)(C)c1ccc(-n2nnc(CCO)n2)cc1. The van der Waals surface area contributed by atoms with Crippen LogP contribution in [0.2, 0.25) is 0 Å². The number of benzene rings is 1. The van der Waals surface area contributed by atoms with Gasteiger partial charge >= 0.3 is 0 Å². The van der Waals surface area contributed by atoms with Gasteiger partial charge in [0, 0.05) is 6.42 Å². The van der Waals surface area contributed by atoms with Gasteiger partial charge in [-0.3, -0.25) is 0 Å². The largest absolute Gasteiger partial charge is 0.396 e. The molecule has 1 aromatic heterocycles. The van der Waals surface area contributed by atoms with Gasteiger partial charge in [-0.25, -0.2) is 0 Å². The first-order valence-electron chi connectivity index (χ1n) is 6.01. The first-order chi connectivity index (χ1) is 8.50. The van der Waals surface area contributed by atoms with Crippen molar-refractivity contribution in [1.82, 2.24) is 20.2 Å². The number of nitrogens with zero attached hydrogens (tertiary/aromatic N) is 4. The number of aliphatic hydroxyl groups excluding tert-OH is 1. The number of hydrogen-bond acceptors (Lipinski definition) is 4. The first kappa shape index (κ1) is 12.7. The van der Waals surface area contributed by atoms with E-state index in [1.54, 1.807) is 0 Å². The average molecular weight is 246 g/mol. The molecule has 18 heavy (non-hydrogen) atoms. The monoisotopic (exact) mass is 246 g/mol. The van der Waals surface area contributed by atoms with Gasteiger partial charge in [0.25, 0.3) is 0 Å². The van der Waals surface area contributed by atoms with Gasteiger partial charge in [-0.05, 0) is 28.3 Å². The van der Waals surface area contributed by atoms with E-state index in [-0.39, 0.29) is 12.0 Å². The summed E-state index contributed by atoms with van der Waals surface area (Å²) in [4.78, 5) is 1.48. The van der Waals surface area contributed by atoms with Crippen molar-refractivity contribution in [3.05, 3.63) is 35.7 Å². The van der Waals surface area contributed by atoms with Crippen LogP contribution in [-0.4, -0.2) is 31.9 Å². The van der Waals surface area contributed by atoms with E-state index in [4.69, 9.17) is 5.11 Å². The van der Waals surface area contributed by atoms with Gasteiger partial charge in [0.05, 0.1) is 12.3 Å². The Morgan fingerprint density at radius 1 is 1.17 bits per heavy atom. The summed E-state index contributed by atoms with van der Waals surface area (Å²) >= 11 is 0. The maximum absolute atomic E-state index is 8.81. The molecule has 1 aromatic carbocycles. The van der Waals surface area contributed by atoms with Crippen LogP contribution in [0.4, 0.5) is 0 Å². The molecule has 0 amide bonds. The van der Waals surface area contributed by atoms with Crippen LogP contribution >= 0.6 is 0 Å². The summed E-state index contributed by atoms with van der Waals surface area (Å²) in [5.41, 5.74) is 2.28. The molecular formula is C13H18N4O. The minimum absolute atomic E-state index is 0.0364. The average Bonchev–Trinajstić information content (AvgIpc) is 2.77. The Morgan fingerprint density at radius 2 is 1.83 bits per heavy atom. The third kappa shape index (κ3) is 2.73. The Bertz CT molecular complexity index is 511. The molecule has 0 saturated carbocycles. The molecule has 0 fully saturated rings. The maximum Gasteiger partial charge on any atom is 0.177 e. The second-order valence-electron chi connectivity index (χ2n) is 5.27. The number of aliphatic hydroxyl groups is 1. The van der Waals surface area contributed by atoms with Crippen LogP contribution in [0.5, 0.6) is 0 Å². The molecule has 0 spiro atoms. The van der Waals surface area contributed by atoms with E-state index in [2.05, 4.69) is 48.3 Å². The molecule has 0 saturated heterocycles. The standard InChI is InChI=1S/C13H18N4O/c1-13(2,3)10-4-6-11(7-5-10)17-15-12(8-9-18)14-16-17/h4-7,18H,8-9H2,1-3H3. The molecule has 0 unspecified atom stereocenters. The second-order valence-corrected chi connectivity index (χ2v) is 5.27. The summed E-state index contributed by atoms with van der Waals surface area (Å²) in [5.74, 6) is 0.553. The number of rotatable bonds is 3. The Morgan fingerprint density at radius 3 is 2.39 bits per heavy atom. The van der Waals surface area contributed by atoms with Gasteiger partial charge < -0.3 is 5.11 Å². The highest BCUT2D eigenvalue weighted by Gasteiger charge is 2.13. The minimum atomic E-state index is 0.0364. The first-order valence-corrected chi connectivity index (χ1v) is 6.01. The summed E-state index contributed by atoms with van der Waals surface area (Å²) in [5, 5.41) is 20.8. The third-order valence-corrected chi connectivity index (χ3v) is 2.75. The lowest BCUT2D eigenvalue weighted by Crippen LogP contribution is -2.11. The zero-order valence-corrected chi connectivity index (χ0v) is 11.0. The Balaban J connectivity index is 2.23. The van der Waals surface area contributed by atoms with Crippen molar-refractivity contribution in [1.29, 1.82) is 0 Å². The van der Waals surface area contributed by atoms with Crippen LogP contribution < -0.4 is 0 Å². The van der Waals surface area contributed by atoms with Crippen molar-refractivity contribution in [3.63, 3.8) is 0 Å². The topological polar surface area (TPSA) is 63.8 Å². The van der Waals surface area contributed by atoms with Gasteiger partial charge in [-0.15, -0.1) is 15.0 Å². The van der Waals surface area contributed by atoms with E-state index in [9.17, 15) is 0 Å². The highest BCUT2D eigenvalue weighted by molar-refractivity contribution is 5.35. The zero-order chi connectivity index (χ0) is 13.2. The molecule has 1 N–H and O–H groups in total. The fourth-order valence-electron chi connectivity index (χ4n) is 1.65. The van der Waals surface area contributed by atoms with E-state index in [0.717, 1.165) is 5.69 Å². The summed E-state index contributed by atoms with van der Waals surface area (Å²) in [7, 11) is 0. The molecular weight excluding hydrogens is 228 g/mol. The van der Waals surface area contributed by atoms with Crippen molar-refractivity contribution in [2.75, 3.05) is 6.61 Å². The van der Waals surface area contributed by atoms with Crippen LogP contribution in [0.25, 0.3) is 5.69 Å². The van der Waals surface area contributed by atoms with Crippen molar-refractivity contribution in [3.8, 4) is 5.69 Å². The van der Waals surface area contributed by atoms with Gasteiger partial charge in [-0.1, -0.05) is 32.9 Å². The maximum atomic E-state index is 8.81. The van der Waals surface area contributed by atoms with Crippen LogP contribution in [0.1, 0.15) is 32.2 Å². The molecule has 0 aliphatic rings. The summed E-state index contributed by atoms with van der Waals surface area (Å²) in [6, 6.07) is 8.10. The lowest BCUT2D eigenvalue weighted by Gasteiger charge is -2.18. The number of aromatic nitrogens is 4. The highest BCUT2D eigenvalue weighted by Crippen LogP contribution is 2.22. The van der Waals surface area contributed by atoms with Crippen molar-refractivity contribution in [2.45, 2.75) is 32.6 Å². The number of hydrogen-bond donors (Lipinski definition) is 1. The third-order valence-electron chi connectivity index (χ3n) is 2.75. The summed E-state index contributed by atoms with van der Waals surface area (Å²) < 4.78 is 0. The molecule has 96 valence electrons. The number of tetrazole rings is 1. The van der Waals surface area contributed by atoms with Crippen LogP contribution in [0.15, 0.2) is 24.3 Å². The van der Waals surface area contributed by atoms with E-state index in [1.807, 2.05) is 12.1 Å². The smallest absolute Gasteiger partial charge is 0.177 e. The van der Waals surface area contributed by atoms with Crippen molar-refractivity contribution in [2.24, 2.45) is 0 Å². The predicted octanol–water partition coefficient (Wildman–Crippen LogP) is 1.49. The molecule has 2 aromatic rings. The normalized spacial score (nSPS) is 11.8. The molecule has 5 heteroatoms. The summed E-state index contributed by atoms with van der Waals surface area (Å²) in [6.45, 7) is 6.56. The fraction of sp³-hybridized carbons (Fsp3) is 0.462. The molecule has 5 nitrogen and oxygen atoms in total. The minimum Gasteiger partial charge on any atom is -0.396 e. The van der Waals surface area contributed by atoms with E-state index >= 15 is 0 Å². The molecule has 0 bridgehead atoms. The van der Waals surface area contributed by atoms with Crippen LogP contribution in [-0.2, 0) is 11.8 Å². The van der Waals surface area contributed by atoms with Crippen molar-refractivity contribution >= 4 is 0 Å². The van der Waals surface area contributed by atoms with Crippen LogP contribution in [0, 0.1) is 0 Å². The molecule has 0 radical (unpaired) electrons. The van der Waals surface area contributed by atoms with E-state index in [0.29, 0.717) is 12.2 Å². The van der Waals surface area contributed by atoms with Gasteiger partial charge in [0.2, 0.25) is 0 Å². The zero-order valence-electron chi connectivity index (χ0n) is 11.0. The molecule has 0 aliphatic heterocycles.